The number of amides is 1. The summed E-state index contributed by atoms with van der Waals surface area (Å²) < 4.78 is 0. The molecule has 0 aromatic carbocycles. The van der Waals surface area contributed by atoms with E-state index in [4.69, 9.17) is 0 Å². The molecule has 110 valence electrons. The van der Waals surface area contributed by atoms with Gasteiger partial charge in [0, 0.05) is 38.1 Å². The first kappa shape index (κ1) is 14.8. The fourth-order valence-electron chi connectivity index (χ4n) is 2.51. The lowest BCUT2D eigenvalue weighted by Crippen LogP contribution is -2.37. The summed E-state index contributed by atoms with van der Waals surface area (Å²) in [7, 11) is 1.97. The summed E-state index contributed by atoms with van der Waals surface area (Å²) in [5, 5.41) is 3.27. The van der Waals surface area contributed by atoms with Gasteiger partial charge in [-0.1, -0.05) is 0 Å². The SMILES string of the molecule is CCNc1ccnc(CN(C)CC(=O)N2CCCC2)c1. The summed E-state index contributed by atoms with van der Waals surface area (Å²) in [4.78, 5) is 20.4. The van der Waals surface area contributed by atoms with Crippen LogP contribution in [0.5, 0.6) is 0 Å². The van der Waals surface area contributed by atoms with Crippen LogP contribution in [0.25, 0.3) is 0 Å². The second-order valence-electron chi connectivity index (χ2n) is 5.33. The summed E-state index contributed by atoms with van der Waals surface area (Å²) in [6, 6.07) is 4.00. The van der Waals surface area contributed by atoms with Crippen LogP contribution in [-0.2, 0) is 11.3 Å². The minimum absolute atomic E-state index is 0.229. The van der Waals surface area contributed by atoms with Crippen LogP contribution in [0.2, 0.25) is 0 Å². The Balaban J connectivity index is 1.85. The van der Waals surface area contributed by atoms with Crippen molar-refractivity contribution in [2.24, 2.45) is 0 Å². The highest BCUT2D eigenvalue weighted by atomic mass is 16.2. The van der Waals surface area contributed by atoms with Crippen molar-refractivity contribution < 1.29 is 4.79 Å². The summed E-state index contributed by atoms with van der Waals surface area (Å²) >= 11 is 0. The number of likely N-dealkylation sites (tertiary alicyclic amines) is 1. The van der Waals surface area contributed by atoms with Crippen molar-refractivity contribution in [2.45, 2.75) is 26.3 Å². The third-order valence-electron chi connectivity index (χ3n) is 3.49. The monoisotopic (exact) mass is 276 g/mol. The minimum Gasteiger partial charge on any atom is -0.385 e. The molecule has 0 atom stereocenters. The number of pyridine rings is 1. The molecule has 0 aliphatic carbocycles. The van der Waals surface area contributed by atoms with E-state index in [2.05, 4.69) is 17.2 Å². The highest BCUT2D eigenvalue weighted by molar-refractivity contribution is 5.78. The lowest BCUT2D eigenvalue weighted by atomic mass is 10.3. The van der Waals surface area contributed by atoms with E-state index in [1.807, 2.05) is 35.2 Å². The molecule has 1 fully saturated rings. The quantitative estimate of drug-likeness (QED) is 0.857. The lowest BCUT2D eigenvalue weighted by Gasteiger charge is -2.21. The Morgan fingerprint density at radius 1 is 1.45 bits per heavy atom. The number of nitrogens with one attached hydrogen (secondary N) is 1. The first-order valence-corrected chi connectivity index (χ1v) is 7.34. The van der Waals surface area contributed by atoms with Crippen molar-refractivity contribution in [1.82, 2.24) is 14.8 Å². The molecule has 1 aromatic heterocycles. The van der Waals surface area contributed by atoms with E-state index in [1.165, 1.54) is 0 Å². The van der Waals surface area contributed by atoms with E-state index in [9.17, 15) is 4.79 Å². The van der Waals surface area contributed by atoms with Gasteiger partial charge in [-0.25, -0.2) is 0 Å². The topological polar surface area (TPSA) is 48.5 Å². The van der Waals surface area contributed by atoms with Crippen LogP contribution < -0.4 is 5.32 Å². The number of carbonyl (C=O) groups excluding carboxylic acids is 1. The van der Waals surface area contributed by atoms with E-state index in [0.717, 1.165) is 43.9 Å². The molecule has 0 radical (unpaired) electrons. The Hall–Kier alpha value is -1.62. The van der Waals surface area contributed by atoms with Crippen molar-refractivity contribution in [3.05, 3.63) is 24.0 Å². The fraction of sp³-hybridized carbons (Fsp3) is 0.600. The molecule has 5 nitrogen and oxygen atoms in total. The molecule has 20 heavy (non-hydrogen) atoms. The third-order valence-corrected chi connectivity index (χ3v) is 3.49. The zero-order valence-corrected chi connectivity index (χ0v) is 12.4. The molecule has 5 heteroatoms. The summed E-state index contributed by atoms with van der Waals surface area (Å²) in [5.74, 6) is 0.229. The Morgan fingerprint density at radius 3 is 2.90 bits per heavy atom. The van der Waals surface area contributed by atoms with Crippen LogP contribution in [-0.4, -0.2) is 53.9 Å². The van der Waals surface area contributed by atoms with E-state index in [0.29, 0.717) is 13.1 Å². The van der Waals surface area contributed by atoms with E-state index < -0.39 is 0 Å². The predicted octanol–water partition coefficient (Wildman–Crippen LogP) is 1.57. The second kappa shape index (κ2) is 7.24. The molecular weight excluding hydrogens is 252 g/mol. The average molecular weight is 276 g/mol. The van der Waals surface area contributed by atoms with Crippen molar-refractivity contribution >= 4 is 11.6 Å². The molecule has 1 amide bonds. The van der Waals surface area contributed by atoms with Gasteiger partial charge in [0.1, 0.15) is 0 Å². The normalized spacial score (nSPS) is 14.8. The number of hydrogen-bond acceptors (Lipinski definition) is 4. The zero-order valence-electron chi connectivity index (χ0n) is 12.4. The average Bonchev–Trinajstić information content (AvgIpc) is 2.93. The molecule has 1 N–H and O–H groups in total. The molecule has 2 rings (SSSR count). The maximum Gasteiger partial charge on any atom is 0.236 e. The van der Waals surface area contributed by atoms with Crippen molar-refractivity contribution in [3.8, 4) is 0 Å². The Morgan fingerprint density at radius 2 is 2.20 bits per heavy atom. The molecule has 0 bridgehead atoms. The molecule has 1 aliphatic heterocycles. The van der Waals surface area contributed by atoms with Gasteiger partial charge >= 0.3 is 0 Å². The number of hydrogen-bond donors (Lipinski definition) is 1. The smallest absolute Gasteiger partial charge is 0.236 e. The molecule has 1 saturated heterocycles. The van der Waals surface area contributed by atoms with Gasteiger partial charge in [-0.05, 0) is 38.9 Å². The van der Waals surface area contributed by atoms with Crippen LogP contribution >= 0.6 is 0 Å². The molecule has 0 saturated carbocycles. The van der Waals surface area contributed by atoms with Crippen molar-refractivity contribution in [1.29, 1.82) is 0 Å². The van der Waals surface area contributed by atoms with Crippen LogP contribution in [0.4, 0.5) is 5.69 Å². The van der Waals surface area contributed by atoms with Gasteiger partial charge in [0.2, 0.25) is 5.91 Å². The minimum atomic E-state index is 0.229. The Kier molecular flexibility index (Phi) is 5.35. The van der Waals surface area contributed by atoms with Crippen LogP contribution in [0.1, 0.15) is 25.5 Å². The van der Waals surface area contributed by atoms with Gasteiger partial charge < -0.3 is 10.2 Å². The number of rotatable bonds is 6. The maximum atomic E-state index is 12.1. The largest absolute Gasteiger partial charge is 0.385 e. The van der Waals surface area contributed by atoms with Gasteiger partial charge in [-0.2, -0.15) is 0 Å². The predicted molar refractivity (Wildman–Crippen MR) is 80.5 cm³/mol. The van der Waals surface area contributed by atoms with E-state index in [1.54, 1.807) is 0 Å². The fourth-order valence-corrected chi connectivity index (χ4v) is 2.51. The number of anilines is 1. The summed E-state index contributed by atoms with van der Waals surface area (Å²) in [6.45, 7) is 5.96. The molecule has 1 aliphatic rings. The van der Waals surface area contributed by atoms with Gasteiger partial charge in [-0.3, -0.25) is 14.7 Å². The number of carbonyl (C=O) groups is 1. The summed E-state index contributed by atoms with van der Waals surface area (Å²) in [6.07, 6.45) is 4.09. The van der Waals surface area contributed by atoms with Gasteiger partial charge in [0.25, 0.3) is 0 Å². The first-order valence-electron chi connectivity index (χ1n) is 7.34. The molecule has 2 heterocycles. The second-order valence-corrected chi connectivity index (χ2v) is 5.33. The van der Waals surface area contributed by atoms with E-state index in [-0.39, 0.29) is 5.91 Å². The van der Waals surface area contributed by atoms with Crippen molar-refractivity contribution in [2.75, 3.05) is 38.5 Å². The summed E-state index contributed by atoms with van der Waals surface area (Å²) in [5.41, 5.74) is 2.07. The van der Waals surface area contributed by atoms with E-state index >= 15 is 0 Å². The van der Waals surface area contributed by atoms with Gasteiger partial charge in [0.15, 0.2) is 0 Å². The molecular formula is C15H24N4O. The van der Waals surface area contributed by atoms with Crippen LogP contribution in [0.15, 0.2) is 18.3 Å². The number of nitrogens with zero attached hydrogens (tertiary/aromatic N) is 3. The zero-order chi connectivity index (χ0) is 14.4. The third kappa shape index (κ3) is 4.20. The number of aromatic nitrogens is 1. The van der Waals surface area contributed by atoms with Crippen molar-refractivity contribution in [3.63, 3.8) is 0 Å². The van der Waals surface area contributed by atoms with Gasteiger partial charge in [-0.15, -0.1) is 0 Å². The Bertz CT molecular complexity index is 443. The lowest BCUT2D eigenvalue weighted by molar-refractivity contribution is -0.131. The molecule has 0 unspecified atom stereocenters. The molecule has 0 spiro atoms. The van der Waals surface area contributed by atoms with Crippen LogP contribution in [0.3, 0.4) is 0 Å². The standard InChI is InChI=1S/C15H24N4O/c1-3-16-13-6-7-17-14(10-13)11-18(2)12-15(20)19-8-4-5-9-19/h6-7,10H,3-5,8-9,11-12H2,1-2H3,(H,16,17). The number of likely N-dealkylation sites (N-methyl/N-ethyl adjacent to an activating group) is 1. The Labute approximate surface area is 121 Å². The first-order chi connectivity index (χ1) is 9.69. The highest BCUT2D eigenvalue weighted by Gasteiger charge is 2.19. The van der Waals surface area contributed by atoms with Crippen LogP contribution in [0, 0.1) is 0 Å². The molecule has 1 aromatic rings. The highest BCUT2D eigenvalue weighted by Crippen LogP contribution is 2.11. The van der Waals surface area contributed by atoms with Gasteiger partial charge in [0.05, 0.1) is 12.2 Å². The maximum absolute atomic E-state index is 12.1.